The smallest absolute Gasteiger partial charge is 0.411 e. The molecule has 2 aromatic heterocycles. The molecule has 2 saturated carbocycles. The summed E-state index contributed by atoms with van der Waals surface area (Å²) in [4.78, 5) is 46.6. The standard InChI is InChI=1S/C46H48N6O4/c1-45(2,3)55-43(53)51-37-19-33(37)21-39(51)41-47-23-35(49-41)31-13-11-27-15-25(7-9-29(27)17-31)26-8-10-30-18-32(14-12-28(30)16-26)36-24-48-42(50-36)40-22-34-20-38(34)52(40)44(54)56-46(4,5)6/h7-18,23-24,33-34,37-40H,19-22H2,1-6H3,(H,47,49)(H,48,50)/t33-,34-,37-,38-,39+,40+/m1/s1. The van der Waals surface area contributed by atoms with Crippen molar-refractivity contribution in [2.45, 2.75) is 103 Å². The first-order valence-electron chi connectivity index (χ1n) is 20.0. The predicted molar refractivity (Wildman–Crippen MR) is 217 cm³/mol. The Balaban J connectivity index is 0.848. The second-order valence-corrected chi connectivity index (χ2v) is 18.3. The minimum absolute atomic E-state index is 0.0945. The van der Waals surface area contributed by atoms with Gasteiger partial charge >= 0.3 is 12.2 Å². The van der Waals surface area contributed by atoms with Crippen molar-refractivity contribution in [3.8, 4) is 33.6 Å². The van der Waals surface area contributed by atoms with Crippen molar-refractivity contribution in [3.63, 3.8) is 0 Å². The van der Waals surface area contributed by atoms with Gasteiger partial charge in [-0.2, -0.15) is 0 Å². The van der Waals surface area contributed by atoms with Gasteiger partial charge in [0.15, 0.2) is 0 Å². The average molecular weight is 749 g/mol. The summed E-state index contributed by atoms with van der Waals surface area (Å²) in [5.41, 5.74) is 5.23. The van der Waals surface area contributed by atoms with Crippen molar-refractivity contribution in [1.29, 1.82) is 0 Å². The molecule has 0 spiro atoms. The summed E-state index contributed by atoms with van der Waals surface area (Å²) in [7, 11) is 0. The second kappa shape index (κ2) is 12.4. The van der Waals surface area contributed by atoms with Crippen molar-refractivity contribution in [1.82, 2.24) is 29.7 Å². The normalized spacial score (nSPS) is 24.0. The zero-order valence-electron chi connectivity index (χ0n) is 32.8. The van der Waals surface area contributed by atoms with E-state index >= 15 is 0 Å². The van der Waals surface area contributed by atoms with Crippen LogP contribution in [0.15, 0.2) is 85.2 Å². The first-order chi connectivity index (χ1) is 26.7. The van der Waals surface area contributed by atoms with Gasteiger partial charge in [0.05, 0.1) is 35.9 Å². The number of nitrogens with zero attached hydrogens (tertiary/aromatic N) is 4. The van der Waals surface area contributed by atoms with E-state index in [4.69, 9.17) is 19.4 Å². The van der Waals surface area contributed by atoms with Crippen molar-refractivity contribution in [2.24, 2.45) is 11.8 Å². The monoisotopic (exact) mass is 748 g/mol. The molecular weight excluding hydrogens is 701 g/mol. The molecule has 2 N–H and O–H groups in total. The SMILES string of the molecule is CC(C)(C)OC(=O)N1[C@@H]2C[C@@H]2C[C@H]1c1ncc(-c2ccc3cc(-c4ccc5cc(-c6cnc([C@@H]7C[C@H]8C[C@H]8N7C(=O)OC(C)(C)C)[nH]6)ccc5c4)ccc3c2)[nH]1. The molecule has 2 aliphatic carbocycles. The topological polar surface area (TPSA) is 116 Å². The second-order valence-electron chi connectivity index (χ2n) is 18.3. The third-order valence-corrected chi connectivity index (χ3v) is 11.9. The number of amides is 2. The van der Waals surface area contributed by atoms with Crippen LogP contribution in [0.2, 0.25) is 0 Å². The fraction of sp³-hybridized carbons (Fsp3) is 0.391. The van der Waals surface area contributed by atoms with E-state index in [1.807, 2.05) is 63.7 Å². The van der Waals surface area contributed by atoms with Gasteiger partial charge in [0.1, 0.15) is 22.9 Å². The summed E-state index contributed by atoms with van der Waals surface area (Å²) < 4.78 is 11.5. The van der Waals surface area contributed by atoms with E-state index < -0.39 is 11.2 Å². The lowest BCUT2D eigenvalue weighted by Crippen LogP contribution is -2.38. The van der Waals surface area contributed by atoms with Gasteiger partial charge in [-0.05, 0) is 136 Å². The number of hydrogen-bond acceptors (Lipinski definition) is 6. The zero-order valence-corrected chi connectivity index (χ0v) is 32.8. The summed E-state index contributed by atoms with van der Waals surface area (Å²) in [6, 6.07) is 26.5. The summed E-state index contributed by atoms with van der Waals surface area (Å²) in [6.07, 6.45) is 7.17. The minimum Gasteiger partial charge on any atom is -0.444 e. The Morgan fingerprint density at radius 3 is 1.29 bits per heavy atom. The zero-order chi connectivity index (χ0) is 38.7. The molecule has 4 heterocycles. The van der Waals surface area contributed by atoms with Crippen LogP contribution in [0.1, 0.15) is 91.0 Å². The average Bonchev–Trinajstić information content (AvgIpc) is 3.73. The van der Waals surface area contributed by atoms with E-state index in [-0.39, 0.29) is 36.4 Å². The summed E-state index contributed by atoms with van der Waals surface area (Å²) in [6.45, 7) is 11.5. The molecule has 10 rings (SSSR count). The molecule has 2 aliphatic heterocycles. The summed E-state index contributed by atoms with van der Waals surface area (Å²) in [5.74, 6) is 2.69. The first kappa shape index (κ1) is 34.8. The number of fused-ring (bicyclic) bond motifs is 4. The van der Waals surface area contributed by atoms with Crippen LogP contribution in [0.3, 0.4) is 0 Å². The maximum absolute atomic E-state index is 13.1. The van der Waals surface area contributed by atoms with Gasteiger partial charge in [-0.3, -0.25) is 9.80 Å². The Hall–Kier alpha value is -5.64. The first-order valence-corrected chi connectivity index (χ1v) is 20.0. The van der Waals surface area contributed by atoms with Crippen molar-refractivity contribution < 1.29 is 19.1 Å². The Bertz CT molecular complexity index is 2360. The van der Waals surface area contributed by atoms with Crippen LogP contribution in [-0.2, 0) is 9.47 Å². The van der Waals surface area contributed by atoms with E-state index in [1.165, 1.54) is 0 Å². The highest BCUT2D eigenvalue weighted by Gasteiger charge is 2.57. The summed E-state index contributed by atoms with van der Waals surface area (Å²) >= 11 is 0. The number of nitrogens with one attached hydrogen (secondary N) is 2. The molecule has 10 nitrogen and oxygen atoms in total. The molecule has 6 aromatic rings. The highest BCUT2D eigenvalue weighted by molar-refractivity contribution is 5.94. The largest absolute Gasteiger partial charge is 0.444 e. The number of piperidine rings is 2. The van der Waals surface area contributed by atoms with E-state index in [0.717, 1.165) is 92.5 Å². The maximum atomic E-state index is 13.1. The fourth-order valence-electron chi connectivity index (χ4n) is 9.05. The quantitative estimate of drug-likeness (QED) is 0.181. The number of imidazole rings is 2. The van der Waals surface area contributed by atoms with Gasteiger partial charge in [0.25, 0.3) is 0 Å². The third kappa shape index (κ3) is 6.38. The lowest BCUT2D eigenvalue weighted by Gasteiger charge is -2.29. The van der Waals surface area contributed by atoms with Crippen LogP contribution in [0.5, 0.6) is 0 Å². The number of rotatable bonds is 5. The lowest BCUT2D eigenvalue weighted by atomic mass is 9.97. The minimum atomic E-state index is -0.537. The molecule has 0 bridgehead atoms. The number of H-pyrrole nitrogens is 2. The molecule has 10 heteroatoms. The molecule has 6 atom stereocenters. The molecule has 0 unspecified atom stereocenters. The molecule has 2 amide bonds. The number of benzene rings is 4. The molecule has 0 radical (unpaired) electrons. The number of carbonyl (C=O) groups excluding carboxylic acids is 2. The molecule has 286 valence electrons. The lowest BCUT2D eigenvalue weighted by molar-refractivity contribution is 0.0164. The Morgan fingerprint density at radius 2 is 0.911 bits per heavy atom. The van der Waals surface area contributed by atoms with Crippen LogP contribution in [-0.4, -0.2) is 65.2 Å². The highest BCUT2D eigenvalue weighted by Crippen LogP contribution is 2.54. The van der Waals surface area contributed by atoms with Gasteiger partial charge < -0.3 is 19.4 Å². The van der Waals surface area contributed by atoms with Gasteiger partial charge in [0.2, 0.25) is 0 Å². The van der Waals surface area contributed by atoms with Crippen molar-refractivity contribution in [2.75, 3.05) is 0 Å². The number of carbonyl (C=O) groups is 2. The third-order valence-electron chi connectivity index (χ3n) is 11.9. The van der Waals surface area contributed by atoms with Crippen molar-refractivity contribution >= 4 is 33.7 Å². The molecule has 4 aromatic carbocycles. The van der Waals surface area contributed by atoms with Crippen LogP contribution in [0, 0.1) is 11.8 Å². The van der Waals surface area contributed by atoms with Crippen LogP contribution < -0.4 is 0 Å². The van der Waals surface area contributed by atoms with Crippen molar-refractivity contribution in [3.05, 3.63) is 96.8 Å². The number of hydrogen-bond donors (Lipinski definition) is 2. The van der Waals surface area contributed by atoms with E-state index in [0.29, 0.717) is 11.8 Å². The Morgan fingerprint density at radius 1 is 0.554 bits per heavy atom. The molecular formula is C46H48N6O4. The van der Waals surface area contributed by atoms with Crippen LogP contribution in [0.4, 0.5) is 9.59 Å². The van der Waals surface area contributed by atoms with Gasteiger partial charge in [-0.15, -0.1) is 0 Å². The molecule has 2 saturated heterocycles. The van der Waals surface area contributed by atoms with Gasteiger partial charge in [0, 0.05) is 23.2 Å². The predicted octanol–water partition coefficient (Wildman–Crippen LogP) is 10.6. The van der Waals surface area contributed by atoms with Gasteiger partial charge in [-0.1, -0.05) is 48.5 Å². The molecule has 4 aliphatic rings. The number of aromatic nitrogens is 4. The van der Waals surface area contributed by atoms with Gasteiger partial charge in [-0.25, -0.2) is 19.6 Å². The molecule has 56 heavy (non-hydrogen) atoms. The maximum Gasteiger partial charge on any atom is 0.411 e. The van der Waals surface area contributed by atoms with E-state index in [9.17, 15) is 9.59 Å². The fourth-order valence-corrected chi connectivity index (χ4v) is 9.05. The summed E-state index contributed by atoms with van der Waals surface area (Å²) in [5, 5.41) is 4.61. The van der Waals surface area contributed by atoms with E-state index in [1.54, 1.807) is 0 Å². The highest BCUT2D eigenvalue weighted by atomic mass is 16.6. The number of aromatic amines is 2. The molecule has 4 fully saturated rings. The Labute approximate surface area is 326 Å². The number of ether oxygens (including phenoxy) is 2. The van der Waals surface area contributed by atoms with Crippen LogP contribution >= 0.6 is 0 Å². The Kier molecular flexibility index (Phi) is 7.73. The van der Waals surface area contributed by atoms with Crippen LogP contribution in [0.25, 0.3) is 55.2 Å². The number of likely N-dealkylation sites (tertiary alicyclic amines) is 2. The van der Waals surface area contributed by atoms with E-state index in [2.05, 4.69) is 82.8 Å².